The monoisotopic (exact) mass is 384 g/mol. The van der Waals surface area contributed by atoms with Crippen LogP contribution in [-0.4, -0.2) is 62.6 Å². The van der Waals surface area contributed by atoms with Gasteiger partial charge in [-0.3, -0.25) is 9.59 Å². The van der Waals surface area contributed by atoms with Gasteiger partial charge in [0, 0.05) is 18.7 Å². The van der Waals surface area contributed by atoms with Gasteiger partial charge in [0.15, 0.2) is 0 Å². The van der Waals surface area contributed by atoms with E-state index in [-0.39, 0.29) is 23.1 Å². The van der Waals surface area contributed by atoms with Gasteiger partial charge < -0.3 is 14.7 Å². The lowest BCUT2D eigenvalue weighted by atomic mass is 10.1. The number of morpholine rings is 1. The number of ether oxygens (including phenoxy) is 1. The molecule has 0 saturated carbocycles. The molecule has 2 N–H and O–H groups in total. The number of nitrogens with zero attached hydrogens (tertiary/aromatic N) is 1. The van der Waals surface area contributed by atoms with Gasteiger partial charge in [-0.15, -0.1) is 0 Å². The largest absolute Gasteiger partial charge is 0.480 e. The molecule has 26 heavy (non-hydrogen) atoms. The van der Waals surface area contributed by atoms with Crippen molar-refractivity contribution >= 4 is 21.9 Å². The van der Waals surface area contributed by atoms with Crippen LogP contribution in [-0.2, 0) is 19.6 Å². The van der Waals surface area contributed by atoms with Crippen LogP contribution < -0.4 is 4.72 Å². The van der Waals surface area contributed by atoms with Crippen molar-refractivity contribution in [3.05, 3.63) is 29.8 Å². The minimum absolute atomic E-state index is 0.0207. The van der Waals surface area contributed by atoms with Gasteiger partial charge in [0.25, 0.3) is 5.91 Å². The molecule has 1 atom stereocenters. The molecule has 1 aliphatic rings. The highest BCUT2D eigenvalue weighted by Gasteiger charge is 2.26. The lowest BCUT2D eigenvalue weighted by molar-refractivity contribution is -0.139. The topological polar surface area (TPSA) is 113 Å². The van der Waals surface area contributed by atoms with Gasteiger partial charge in [-0.25, -0.2) is 8.42 Å². The van der Waals surface area contributed by atoms with Gasteiger partial charge in [0.05, 0.1) is 18.1 Å². The summed E-state index contributed by atoms with van der Waals surface area (Å²) < 4.78 is 32.3. The Bertz CT molecular complexity index is 739. The molecule has 0 spiro atoms. The van der Waals surface area contributed by atoms with E-state index in [0.717, 1.165) is 0 Å². The Balaban J connectivity index is 2.12. The maximum absolute atomic E-state index is 12.4. The third kappa shape index (κ3) is 5.26. The molecule has 0 aromatic heterocycles. The molecule has 1 aromatic carbocycles. The Kier molecular flexibility index (Phi) is 6.74. The summed E-state index contributed by atoms with van der Waals surface area (Å²) >= 11 is 0. The number of rotatable bonds is 7. The number of carbonyl (C=O) groups excluding carboxylic acids is 1. The van der Waals surface area contributed by atoms with Crippen molar-refractivity contribution in [2.24, 2.45) is 5.92 Å². The van der Waals surface area contributed by atoms with Crippen molar-refractivity contribution in [2.45, 2.75) is 31.2 Å². The Morgan fingerprint density at radius 2 is 1.77 bits per heavy atom. The highest BCUT2D eigenvalue weighted by atomic mass is 32.2. The fourth-order valence-electron chi connectivity index (χ4n) is 2.65. The molecule has 8 nitrogen and oxygen atoms in total. The molecule has 0 aliphatic carbocycles. The zero-order valence-electron chi connectivity index (χ0n) is 14.8. The molecule has 0 radical (unpaired) electrons. The second-order valence-electron chi connectivity index (χ2n) is 6.57. The second-order valence-corrected chi connectivity index (χ2v) is 8.28. The number of sulfonamides is 1. The summed E-state index contributed by atoms with van der Waals surface area (Å²) in [5.41, 5.74) is 0.378. The lowest BCUT2D eigenvalue weighted by Crippen LogP contribution is -2.41. The smallest absolute Gasteiger partial charge is 0.321 e. The zero-order valence-corrected chi connectivity index (χ0v) is 15.7. The van der Waals surface area contributed by atoms with E-state index in [9.17, 15) is 23.1 Å². The number of hydrogen-bond acceptors (Lipinski definition) is 5. The van der Waals surface area contributed by atoms with Crippen LogP contribution in [0.1, 0.15) is 30.6 Å². The van der Waals surface area contributed by atoms with E-state index < -0.39 is 22.0 Å². The minimum Gasteiger partial charge on any atom is -0.480 e. The Labute approximate surface area is 153 Å². The Morgan fingerprint density at radius 3 is 2.27 bits per heavy atom. The quantitative estimate of drug-likeness (QED) is 0.723. The maximum atomic E-state index is 12.4. The fourth-order valence-corrected chi connectivity index (χ4v) is 3.85. The second kappa shape index (κ2) is 8.61. The van der Waals surface area contributed by atoms with E-state index in [1.807, 2.05) is 13.8 Å². The van der Waals surface area contributed by atoms with Gasteiger partial charge >= 0.3 is 5.97 Å². The third-order valence-electron chi connectivity index (χ3n) is 4.01. The van der Waals surface area contributed by atoms with Crippen molar-refractivity contribution in [3.8, 4) is 0 Å². The van der Waals surface area contributed by atoms with Crippen molar-refractivity contribution in [1.29, 1.82) is 0 Å². The SMILES string of the molecule is CC(C)C[C@@H](NS(=O)(=O)c1ccc(C(=O)N2CCOCC2)cc1)C(=O)O. The molecule has 1 fully saturated rings. The van der Waals surface area contributed by atoms with Crippen LogP contribution >= 0.6 is 0 Å². The van der Waals surface area contributed by atoms with E-state index in [4.69, 9.17) is 4.74 Å². The standard InChI is InChI=1S/C17H24N2O6S/c1-12(2)11-15(17(21)22)18-26(23,24)14-5-3-13(4-6-14)16(20)19-7-9-25-10-8-19/h3-6,12,15,18H,7-11H2,1-2H3,(H,21,22)/t15-/m1/s1. The van der Waals surface area contributed by atoms with E-state index >= 15 is 0 Å². The first-order valence-corrected chi connectivity index (χ1v) is 9.91. The third-order valence-corrected chi connectivity index (χ3v) is 5.50. The van der Waals surface area contributed by atoms with Crippen molar-refractivity contribution < 1.29 is 27.9 Å². The predicted molar refractivity (Wildman–Crippen MR) is 94.4 cm³/mol. The molecular formula is C17H24N2O6S. The number of benzene rings is 1. The van der Waals surface area contributed by atoms with E-state index in [1.54, 1.807) is 4.90 Å². The molecule has 9 heteroatoms. The summed E-state index contributed by atoms with van der Waals surface area (Å²) in [5, 5.41) is 9.21. The average molecular weight is 384 g/mol. The van der Waals surface area contributed by atoms with E-state index in [2.05, 4.69) is 4.72 Å². The van der Waals surface area contributed by atoms with Gasteiger partial charge in [0.1, 0.15) is 6.04 Å². The van der Waals surface area contributed by atoms with Crippen LogP contribution in [0.3, 0.4) is 0 Å². The summed E-state index contributed by atoms with van der Waals surface area (Å²) in [4.78, 5) is 25.2. The number of hydrogen-bond donors (Lipinski definition) is 2. The molecular weight excluding hydrogens is 360 g/mol. The fraction of sp³-hybridized carbons (Fsp3) is 0.529. The molecule has 1 saturated heterocycles. The Morgan fingerprint density at radius 1 is 1.19 bits per heavy atom. The summed E-state index contributed by atoms with van der Waals surface area (Å²) in [6.45, 7) is 5.58. The first-order chi connectivity index (χ1) is 12.2. The number of carbonyl (C=O) groups is 2. The molecule has 1 aliphatic heterocycles. The van der Waals surface area contributed by atoms with Crippen LogP contribution in [0.4, 0.5) is 0 Å². The molecule has 0 bridgehead atoms. The van der Waals surface area contributed by atoms with Crippen LogP contribution in [0.5, 0.6) is 0 Å². The summed E-state index contributed by atoms with van der Waals surface area (Å²) in [5.74, 6) is -1.39. The van der Waals surface area contributed by atoms with Gasteiger partial charge in [0.2, 0.25) is 10.0 Å². The minimum atomic E-state index is -3.99. The summed E-state index contributed by atoms with van der Waals surface area (Å²) in [7, 11) is -3.99. The molecule has 144 valence electrons. The number of amides is 1. The summed E-state index contributed by atoms with van der Waals surface area (Å²) in [6.07, 6.45) is 0.183. The predicted octanol–water partition coefficient (Wildman–Crippen LogP) is 0.937. The maximum Gasteiger partial charge on any atom is 0.321 e. The van der Waals surface area contributed by atoms with Crippen molar-refractivity contribution in [3.63, 3.8) is 0 Å². The van der Waals surface area contributed by atoms with Gasteiger partial charge in [-0.05, 0) is 36.6 Å². The average Bonchev–Trinajstić information content (AvgIpc) is 2.61. The highest BCUT2D eigenvalue weighted by molar-refractivity contribution is 7.89. The van der Waals surface area contributed by atoms with Crippen LogP contribution in [0, 0.1) is 5.92 Å². The Hall–Kier alpha value is -1.97. The zero-order chi connectivity index (χ0) is 19.3. The molecule has 1 aromatic rings. The number of carboxylic acid groups (broad SMARTS) is 1. The van der Waals surface area contributed by atoms with Crippen molar-refractivity contribution in [2.75, 3.05) is 26.3 Å². The van der Waals surface area contributed by atoms with Crippen molar-refractivity contribution in [1.82, 2.24) is 9.62 Å². The van der Waals surface area contributed by atoms with Gasteiger partial charge in [-0.1, -0.05) is 13.8 Å². The van der Waals surface area contributed by atoms with Crippen LogP contribution in [0.2, 0.25) is 0 Å². The van der Waals surface area contributed by atoms with E-state index in [0.29, 0.717) is 31.9 Å². The molecule has 2 rings (SSSR count). The first-order valence-electron chi connectivity index (χ1n) is 8.43. The number of aliphatic carboxylic acids is 1. The number of carboxylic acids is 1. The summed E-state index contributed by atoms with van der Waals surface area (Å²) in [6, 6.07) is 4.29. The van der Waals surface area contributed by atoms with Crippen LogP contribution in [0.25, 0.3) is 0 Å². The van der Waals surface area contributed by atoms with Crippen LogP contribution in [0.15, 0.2) is 29.2 Å². The van der Waals surface area contributed by atoms with E-state index in [1.165, 1.54) is 24.3 Å². The van der Waals surface area contributed by atoms with Gasteiger partial charge in [-0.2, -0.15) is 4.72 Å². The normalized spacial score (nSPS) is 16.5. The first kappa shape index (κ1) is 20.3. The molecule has 1 heterocycles. The lowest BCUT2D eigenvalue weighted by Gasteiger charge is -2.26. The molecule has 1 amide bonds. The molecule has 0 unspecified atom stereocenters. The highest BCUT2D eigenvalue weighted by Crippen LogP contribution is 2.15. The number of nitrogens with one attached hydrogen (secondary N) is 1.